The number of hydrogen-bond acceptors (Lipinski definition) is 4. The van der Waals surface area contributed by atoms with E-state index in [0.29, 0.717) is 19.8 Å². The number of nitrogens with one attached hydrogen (secondary N) is 2. The van der Waals surface area contributed by atoms with Gasteiger partial charge in [-0.15, -0.1) is 0 Å². The van der Waals surface area contributed by atoms with Crippen LogP contribution >= 0.6 is 0 Å². The molecule has 7 nitrogen and oxygen atoms in total. The van der Waals surface area contributed by atoms with Gasteiger partial charge in [0.25, 0.3) is 5.91 Å². The van der Waals surface area contributed by atoms with Gasteiger partial charge in [0.2, 0.25) is 10.0 Å². The predicted octanol–water partition coefficient (Wildman–Crippen LogP) is -0.572. The van der Waals surface area contributed by atoms with Crippen molar-refractivity contribution in [2.75, 3.05) is 19.8 Å². The average molecular weight is 261 g/mol. The highest BCUT2D eigenvalue weighted by Gasteiger charge is 2.14. The summed E-state index contributed by atoms with van der Waals surface area (Å²) in [5.41, 5.74) is 0.144. The van der Waals surface area contributed by atoms with Crippen LogP contribution in [0.5, 0.6) is 0 Å². The molecule has 0 aliphatic heterocycles. The van der Waals surface area contributed by atoms with Crippen molar-refractivity contribution in [3.05, 3.63) is 18.0 Å². The van der Waals surface area contributed by atoms with E-state index >= 15 is 0 Å². The van der Waals surface area contributed by atoms with Gasteiger partial charge in [0, 0.05) is 19.3 Å². The van der Waals surface area contributed by atoms with Gasteiger partial charge in [0.05, 0.1) is 11.5 Å². The summed E-state index contributed by atoms with van der Waals surface area (Å²) in [5.74, 6) is -0.403. The van der Waals surface area contributed by atoms with Crippen LogP contribution in [0.2, 0.25) is 0 Å². The van der Waals surface area contributed by atoms with Gasteiger partial charge in [-0.1, -0.05) is 0 Å². The maximum Gasteiger partial charge on any atom is 0.267 e. The highest BCUT2D eigenvalue weighted by molar-refractivity contribution is 7.89. The van der Waals surface area contributed by atoms with Crippen LogP contribution in [-0.2, 0) is 14.8 Å². The first-order valence-corrected chi connectivity index (χ1v) is 6.57. The maximum absolute atomic E-state index is 11.5. The number of amides is 1. The second kappa shape index (κ2) is 5.80. The Morgan fingerprint density at radius 3 is 2.82 bits per heavy atom. The lowest BCUT2D eigenvalue weighted by Crippen LogP contribution is -2.27. The minimum Gasteiger partial charge on any atom is -0.380 e. The number of hydrogen-bond donors (Lipinski definition) is 3. The van der Waals surface area contributed by atoms with E-state index in [0.717, 1.165) is 0 Å². The molecule has 4 N–H and O–H groups in total. The van der Waals surface area contributed by atoms with Crippen molar-refractivity contribution in [3.8, 4) is 0 Å². The zero-order valence-corrected chi connectivity index (χ0v) is 10.2. The number of H-pyrrole nitrogens is 1. The molecule has 96 valence electrons. The standard InChI is InChI=1S/C9H15N3O4S/c1-2-16-4-3-11-9(13)8-5-7(6-12-8)17(10,14)15/h5-6,12H,2-4H2,1H3,(H,11,13)(H2,10,14,15). The van der Waals surface area contributed by atoms with Crippen LogP contribution in [0.4, 0.5) is 0 Å². The average Bonchev–Trinajstić information content (AvgIpc) is 2.72. The first-order valence-electron chi connectivity index (χ1n) is 5.02. The summed E-state index contributed by atoms with van der Waals surface area (Å²) < 4.78 is 27.0. The lowest BCUT2D eigenvalue weighted by atomic mass is 10.4. The fraction of sp³-hybridized carbons (Fsp3) is 0.444. The van der Waals surface area contributed by atoms with Crippen LogP contribution in [0.3, 0.4) is 0 Å². The van der Waals surface area contributed by atoms with Gasteiger partial charge in [-0.05, 0) is 13.0 Å². The molecule has 1 amide bonds. The molecule has 0 saturated heterocycles. The first kappa shape index (κ1) is 13.7. The zero-order chi connectivity index (χ0) is 12.9. The van der Waals surface area contributed by atoms with Crippen molar-refractivity contribution in [1.29, 1.82) is 0 Å². The molecule has 0 saturated carbocycles. The van der Waals surface area contributed by atoms with E-state index in [1.807, 2.05) is 6.92 Å². The van der Waals surface area contributed by atoms with Crippen molar-refractivity contribution >= 4 is 15.9 Å². The summed E-state index contributed by atoms with van der Waals surface area (Å²) in [6, 6.07) is 1.19. The first-order chi connectivity index (χ1) is 7.95. The predicted molar refractivity (Wildman–Crippen MR) is 61.0 cm³/mol. The zero-order valence-electron chi connectivity index (χ0n) is 9.39. The SMILES string of the molecule is CCOCCNC(=O)c1cc(S(N)(=O)=O)c[nH]1. The third kappa shape index (κ3) is 4.17. The molecule has 0 aliphatic rings. The Balaban J connectivity index is 2.56. The van der Waals surface area contributed by atoms with Crippen molar-refractivity contribution in [1.82, 2.24) is 10.3 Å². The van der Waals surface area contributed by atoms with Crippen LogP contribution in [0.15, 0.2) is 17.2 Å². The molecule has 1 rings (SSSR count). The third-order valence-electron chi connectivity index (χ3n) is 1.97. The van der Waals surface area contributed by atoms with Crippen molar-refractivity contribution in [2.45, 2.75) is 11.8 Å². The molecule has 0 aliphatic carbocycles. The van der Waals surface area contributed by atoms with Gasteiger partial charge in [0.1, 0.15) is 5.69 Å². The van der Waals surface area contributed by atoms with E-state index < -0.39 is 15.9 Å². The second-order valence-electron chi connectivity index (χ2n) is 3.25. The van der Waals surface area contributed by atoms with E-state index in [2.05, 4.69) is 10.3 Å². The molecule has 0 spiro atoms. The molecule has 8 heteroatoms. The Bertz CT molecular complexity index is 480. The van der Waals surface area contributed by atoms with Crippen molar-refractivity contribution in [3.63, 3.8) is 0 Å². The fourth-order valence-electron chi connectivity index (χ4n) is 1.15. The molecule has 0 unspecified atom stereocenters. The molecular weight excluding hydrogens is 246 g/mol. The molecule has 17 heavy (non-hydrogen) atoms. The lowest BCUT2D eigenvalue weighted by Gasteiger charge is -2.03. The number of rotatable bonds is 6. The highest BCUT2D eigenvalue weighted by atomic mass is 32.2. The van der Waals surface area contributed by atoms with Crippen LogP contribution in [-0.4, -0.2) is 39.1 Å². The summed E-state index contributed by atoms with van der Waals surface area (Å²) in [5, 5.41) is 7.48. The molecule has 1 aromatic rings. The minimum atomic E-state index is -3.78. The molecule has 0 fully saturated rings. The van der Waals surface area contributed by atoms with E-state index in [-0.39, 0.29) is 10.6 Å². The van der Waals surface area contributed by atoms with Gasteiger partial charge in [0.15, 0.2) is 0 Å². The molecule has 0 aromatic carbocycles. The molecule has 1 aromatic heterocycles. The molecule has 0 bridgehead atoms. The number of nitrogens with two attached hydrogens (primary N) is 1. The third-order valence-corrected chi connectivity index (χ3v) is 2.86. The van der Waals surface area contributed by atoms with Crippen LogP contribution in [0, 0.1) is 0 Å². The van der Waals surface area contributed by atoms with Gasteiger partial charge in [-0.25, -0.2) is 13.6 Å². The molecule has 1 heterocycles. The number of carbonyl (C=O) groups excluding carboxylic acids is 1. The Kier molecular flexibility index (Phi) is 4.67. The molecule has 0 radical (unpaired) electrons. The Morgan fingerprint density at radius 2 is 2.29 bits per heavy atom. The van der Waals surface area contributed by atoms with Crippen LogP contribution in [0.25, 0.3) is 0 Å². The summed E-state index contributed by atoms with van der Waals surface area (Å²) >= 11 is 0. The number of aromatic amines is 1. The number of ether oxygens (including phenoxy) is 1. The van der Waals surface area contributed by atoms with Gasteiger partial charge < -0.3 is 15.0 Å². The largest absolute Gasteiger partial charge is 0.380 e. The Morgan fingerprint density at radius 1 is 1.59 bits per heavy atom. The minimum absolute atomic E-state index is 0.118. The van der Waals surface area contributed by atoms with Gasteiger partial charge >= 0.3 is 0 Å². The van der Waals surface area contributed by atoms with Crippen LogP contribution in [0.1, 0.15) is 17.4 Å². The Labute approximate surface area is 99.4 Å². The smallest absolute Gasteiger partial charge is 0.267 e. The van der Waals surface area contributed by atoms with Crippen molar-refractivity contribution in [2.24, 2.45) is 5.14 Å². The molecule has 0 atom stereocenters. The number of sulfonamides is 1. The monoisotopic (exact) mass is 261 g/mol. The fourth-order valence-corrected chi connectivity index (χ4v) is 1.65. The quantitative estimate of drug-likeness (QED) is 0.595. The summed E-state index contributed by atoms with van der Waals surface area (Å²) in [7, 11) is -3.78. The van der Waals surface area contributed by atoms with E-state index in [4.69, 9.17) is 9.88 Å². The number of primary sulfonamides is 1. The lowest BCUT2D eigenvalue weighted by molar-refractivity contribution is 0.0918. The summed E-state index contributed by atoms with van der Waals surface area (Å²) in [6.07, 6.45) is 1.17. The topological polar surface area (TPSA) is 114 Å². The number of aromatic nitrogens is 1. The number of carbonyl (C=O) groups is 1. The van der Waals surface area contributed by atoms with Gasteiger partial charge in [-0.2, -0.15) is 0 Å². The molecular formula is C9H15N3O4S. The maximum atomic E-state index is 11.5. The van der Waals surface area contributed by atoms with E-state index in [1.165, 1.54) is 12.3 Å². The van der Waals surface area contributed by atoms with E-state index in [9.17, 15) is 13.2 Å². The van der Waals surface area contributed by atoms with E-state index in [1.54, 1.807) is 0 Å². The Hall–Kier alpha value is -1.38. The second-order valence-corrected chi connectivity index (χ2v) is 4.81. The highest BCUT2D eigenvalue weighted by Crippen LogP contribution is 2.08. The van der Waals surface area contributed by atoms with Crippen LogP contribution < -0.4 is 10.5 Å². The van der Waals surface area contributed by atoms with Crippen molar-refractivity contribution < 1.29 is 17.9 Å². The van der Waals surface area contributed by atoms with Gasteiger partial charge in [-0.3, -0.25) is 4.79 Å². The summed E-state index contributed by atoms with van der Waals surface area (Å²) in [4.78, 5) is 13.9. The normalized spacial score (nSPS) is 11.4. The summed E-state index contributed by atoms with van der Waals surface area (Å²) in [6.45, 7) is 3.19.